The summed E-state index contributed by atoms with van der Waals surface area (Å²) < 4.78 is 0.710. The number of hydrogen-bond acceptors (Lipinski definition) is 6. The molecule has 1 atom stereocenters. The molecule has 6 N–H and O–H groups in total. The van der Waals surface area contributed by atoms with E-state index in [2.05, 4.69) is 10.3 Å². The van der Waals surface area contributed by atoms with E-state index in [1.165, 1.54) is 17.4 Å². The molecular weight excluding hydrogens is 296 g/mol. The van der Waals surface area contributed by atoms with Crippen molar-refractivity contribution in [3.05, 3.63) is 23.8 Å². The van der Waals surface area contributed by atoms with Gasteiger partial charge in [-0.15, -0.1) is 0 Å². The molecule has 1 aromatic heterocycles. The zero-order valence-corrected chi connectivity index (χ0v) is 11.5. The van der Waals surface area contributed by atoms with Gasteiger partial charge in [-0.3, -0.25) is 9.59 Å². The summed E-state index contributed by atoms with van der Waals surface area (Å²) in [5, 5.41) is 11.6. The molecule has 1 heterocycles. The Balaban J connectivity index is 2.20. The Morgan fingerprint density at radius 2 is 2.10 bits per heavy atom. The smallest absolute Gasteiger partial charge is 0.326 e. The number of aromatic nitrogens is 1. The van der Waals surface area contributed by atoms with E-state index in [1.807, 2.05) is 0 Å². The number of nitrogen functional groups attached to an aromatic ring is 1. The second kappa shape index (κ2) is 5.75. The van der Waals surface area contributed by atoms with Crippen molar-refractivity contribution in [2.75, 3.05) is 5.73 Å². The van der Waals surface area contributed by atoms with Crippen molar-refractivity contribution in [1.29, 1.82) is 0 Å². The van der Waals surface area contributed by atoms with E-state index in [0.29, 0.717) is 15.3 Å². The lowest BCUT2D eigenvalue weighted by molar-refractivity contribution is -0.140. The minimum atomic E-state index is -1.36. The monoisotopic (exact) mass is 308 g/mol. The van der Waals surface area contributed by atoms with Gasteiger partial charge in [0.25, 0.3) is 5.91 Å². The first-order chi connectivity index (χ1) is 9.86. The SMILES string of the molecule is NC(=O)C[C@H](NC(=O)c1ccc2nc(N)sc2c1)C(=O)O. The summed E-state index contributed by atoms with van der Waals surface area (Å²) in [4.78, 5) is 37.8. The highest BCUT2D eigenvalue weighted by molar-refractivity contribution is 7.22. The maximum atomic E-state index is 12.0. The van der Waals surface area contributed by atoms with Gasteiger partial charge in [-0.2, -0.15) is 0 Å². The summed E-state index contributed by atoms with van der Waals surface area (Å²) in [5.41, 5.74) is 11.4. The van der Waals surface area contributed by atoms with E-state index in [1.54, 1.807) is 12.1 Å². The maximum Gasteiger partial charge on any atom is 0.326 e. The molecule has 8 nitrogen and oxygen atoms in total. The van der Waals surface area contributed by atoms with Crippen LogP contribution in [0.4, 0.5) is 5.13 Å². The molecule has 2 rings (SSSR count). The molecule has 21 heavy (non-hydrogen) atoms. The Kier molecular flexibility index (Phi) is 4.03. The molecule has 1 aromatic carbocycles. The van der Waals surface area contributed by atoms with Crippen molar-refractivity contribution in [2.45, 2.75) is 12.5 Å². The molecule has 0 radical (unpaired) electrons. The molecule has 110 valence electrons. The average molecular weight is 308 g/mol. The van der Waals surface area contributed by atoms with Crippen LogP contribution in [0.5, 0.6) is 0 Å². The number of nitrogens with one attached hydrogen (secondary N) is 1. The van der Waals surface area contributed by atoms with Gasteiger partial charge < -0.3 is 21.9 Å². The molecule has 0 aliphatic carbocycles. The van der Waals surface area contributed by atoms with Crippen LogP contribution >= 0.6 is 11.3 Å². The standard InChI is InChI=1S/C12H12N4O4S/c13-9(17)4-7(11(19)20)15-10(18)5-1-2-6-8(3-5)21-12(14)16-6/h1-3,7H,4H2,(H2,13,17)(H2,14,16)(H,15,18)(H,19,20)/t7-/m0/s1. The fourth-order valence-electron chi connectivity index (χ4n) is 1.73. The van der Waals surface area contributed by atoms with Crippen LogP contribution < -0.4 is 16.8 Å². The number of nitrogens with zero attached hydrogens (tertiary/aromatic N) is 1. The minimum Gasteiger partial charge on any atom is -0.480 e. The van der Waals surface area contributed by atoms with Crippen LogP contribution in [-0.4, -0.2) is 33.9 Å². The molecule has 0 saturated heterocycles. The Morgan fingerprint density at radius 1 is 1.38 bits per heavy atom. The molecule has 0 aliphatic heterocycles. The van der Waals surface area contributed by atoms with Crippen LogP contribution in [0.3, 0.4) is 0 Å². The molecule has 0 fully saturated rings. The third kappa shape index (κ3) is 3.45. The average Bonchev–Trinajstić information content (AvgIpc) is 2.76. The second-order valence-corrected chi connectivity index (χ2v) is 5.33. The van der Waals surface area contributed by atoms with Gasteiger partial charge in [0.1, 0.15) is 6.04 Å². The largest absolute Gasteiger partial charge is 0.480 e. The molecule has 2 amide bonds. The van der Waals surface area contributed by atoms with Crippen molar-refractivity contribution in [2.24, 2.45) is 5.73 Å². The zero-order valence-electron chi connectivity index (χ0n) is 10.7. The first kappa shape index (κ1) is 14.7. The molecular formula is C12H12N4O4S. The van der Waals surface area contributed by atoms with E-state index < -0.39 is 30.2 Å². The number of hydrogen-bond donors (Lipinski definition) is 4. The van der Waals surface area contributed by atoms with Crippen LogP contribution in [0.1, 0.15) is 16.8 Å². The fourth-order valence-corrected chi connectivity index (χ4v) is 2.50. The number of nitrogens with two attached hydrogens (primary N) is 2. The van der Waals surface area contributed by atoms with E-state index >= 15 is 0 Å². The molecule has 0 aliphatic rings. The van der Waals surface area contributed by atoms with Gasteiger partial charge in [-0.25, -0.2) is 9.78 Å². The quantitative estimate of drug-likeness (QED) is 0.608. The van der Waals surface area contributed by atoms with Crippen molar-refractivity contribution in [1.82, 2.24) is 10.3 Å². The molecule has 0 saturated carbocycles. The molecule has 0 spiro atoms. The van der Waals surface area contributed by atoms with Crippen molar-refractivity contribution < 1.29 is 19.5 Å². The highest BCUT2D eigenvalue weighted by Crippen LogP contribution is 2.24. The van der Waals surface area contributed by atoms with E-state index in [0.717, 1.165) is 0 Å². The summed E-state index contributed by atoms with van der Waals surface area (Å²) in [7, 11) is 0. The number of carboxylic acid groups (broad SMARTS) is 1. The third-order valence-corrected chi connectivity index (χ3v) is 3.52. The number of carbonyl (C=O) groups excluding carboxylic acids is 2. The zero-order chi connectivity index (χ0) is 15.6. The topological polar surface area (TPSA) is 148 Å². The molecule has 0 bridgehead atoms. The molecule has 9 heteroatoms. The highest BCUT2D eigenvalue weighted by atomic mass is 32.1. The summed E-state index contributed by atoms with van der Waals surface area (Å²) in [6.07, 6.45) is -0.475. The van der Waals surface area contributed by atoms with Gasteiger partial charge in [-0.1, -0.05) is 11.3 Å². The number of amides is 2. The Hall–Kier alpha value is -2.68. The lowest BCUT2D eigenvalue weighted by Gasteiger charge is -2.12. The fraction of sp³-hybridized carbons (Fsp3) is 0.167. The third-order valence-electron chi connectivity index (χ3n) is 2.68. The number of carbonyl (C=O) groups is 3. The van der Waals surface area contributed by atoms with Gasteiger partial charge in [0.05, 0.1) is 16.6 Å². The van der Waals surface area contributed by atoms with Gasteiger partial charge in [-0.05, 0) is 18.2 Å². The lowest BCUT2D eigenvalue weighted by atomic mass is 10.1. The van der Waals surface area contributed by atoms with E-state index in [-0.39, 0.29) is 5.56 Å². The van der Waals surface area contributed by atoms with E-state index in [9.17, 15) is 14.4 Å². The summed E-state index contributed by atoms with van der Waals surface area (Å²) in [6.45, 7) is 0. The Bertz CT molecular complexity index is 727. The van der Waals surface area contributed by atoms with Gasteiger partial charge in [0.2, 0.25) is 5.91 Å². The maximum absolute atomic E-state index is 12.0. The van der Waals surface area contributed by atoms with Crippen LogP contribution in [0.15, 0.2) is 18.2 Å². The first-order valence-electron chi connectivity index (χ1n) is 5.85. The van der Waals surface area contributed by atoms with Crippen LogP contribution in [-0.2, 0) is 9.59 Å². The number of thiazole rings is 1. The number of primary amides is 1. The minimum absolute atomic E-state index is 0.252. The van der Waals surface area contributed by atoms with Crippen LogP contribution in [0.25, 0.3) is 10.2 Å². The number of fused-ring (bicyclic) bond motifs is 1. The second-order valence-electron chi connectivity index (χ2n) is 4.27. The van der Waals surface area contributed by atoms with Crippen molar-refractivity contribution in [3.63, 3.8) is 0 Å². The molecule has 2 aromatic rings. The predicted octanol–water partition coefficient (Wildman–Crippen LogP) is -0.0631. The molecule has 0 unspecified atom stereocenters. The first-order valence-corrected chi connectivity index (χ1v) is 6.66. The van der Waals surface area contributed by atoms with Gasteiger partial charge in [0, 0.05) is 5.56 Å². The number of aliphatic carboxylic acids is 1. The van der Waals surface area contributed by atoms with E-state index in [4.69, 9.17) is 16.6 Å². The summed E-state index contributed by atoms with van der Waals surface area (Å²) >= 11 is 1.22. The Labute approximate surface area is 122 Å². The highest BCUT2D eigenvalue weighted by Gasteiger charge is 2.22. The van der Waals surface area contributed by atoms with Crippen molar-refractivity contribution >= 4 is 44.5 Å². The number of carboxylic acids is 1. The number of anilines is 1. The van der Waals surface area contributed by atoms with Gasteiger partial charge >= 0.3 is 5.97 Å². The van der Waals surface area contributed by atoms with Gasteiger partial charge in [0.15, 0.2) is 5.13 Å². The van der Waals surface area contributed by atoms with Crippen LogP contribution in [0, 0.1) is 0 Å². The number of benzene rings is 1. The Morgan fingerprint density at radius 3 is 2.71 bits per heavy atom. The number of rotatable bonds is 5. The summed E-state index contributed by atoms with van der Waals surface area (Å²) in [6, 6.07) is 3.31. The predicted molar refractivity (Wildman–Crippen MR) is 76.7 cm³/mol. The summed E-state index contributed by atoms with van der Waals surface area (Å²) in [5.74, 6) is -2.75. The lowest BCUT2D eigenvalue weighted by Crippen LogP contribution is -2.43. The normalized spacial score (nSPS) is 12.0. The van der Waals surface area contributed by atoms with Crippen LogP contribution in [0.2, 0.25) is 0 Å². The van der Waals surface area contributed by atoms with Crippen molar-refractivity contribution in [3.8, 4) is 0 Å².